The molecule has 0 aromatic carbocycles. The molecule has 2 heterocycles. The van der Waals surface area contributed by atoms with Gasteiger partial charge in [0.25, 0.3) is 0 Å². The van der Waals surface area contributed by atoms with Crippen LogP contribution in [0.1, 0.15) is 45.7 Å². The van der Waals surface area contributed by atoms with Gasteiger partial charge in [-0.25, -0.2) is 4.79 Å². The van der Waals surface area contributed by atoms with E-state index >= 15 is 0 Å². The van der Waals surface area contributed by atoms with E-state index in [4.69, 9.17) is 9.47 Å². The minimum Gasteiger partial charge on any atom is -0.444 e. The van der Waals surface area contributed by atoms with E-state index in [1.807, 2.05) is 39.0 Å². The Kier molecular flexibility index (Phi) is 5.06. The van der Waals surface area contributed by atoms with E-state index in [0.29, 0.717) is 13.2 Å². The van der Waals surface area contributed by atoms with E-state index in [1.165, 1.54) is 0 Å². The van der Waals surface area contributed by atoms with Crippen LogP contribution in [0.4, 0.5) is 4.79 Å². The van der Waals surface area contributed by atoms with E-state index in [1.54, 1.807) is 18.2 Å². The highest BCUT2D eigenvalue weighted by atomic mass is 16.6. The monoisotopic (exact) mass is 306 g/mol. The van der Waals surface area contributed by atoms with Crippen molar-refractivity contribution < 1.29 is 14.3 Å². The van der Waals surface area contributed by atoms with E-state index in [2.05, 4.69) is 4.98 Å². The van der Waals surface area contributed by atoms with Gasteiger partial charge in [0.05, 0.1) is 12.3 Å². The lowest BCUT2D eigenvalue weighted by Gasteiger charge is -2.46. The fourth-order valence-electron chi connectivity index (χ4n) is 2.99. The molecule has 1 fully saturated rings. The number of piperidine rings is 1. The quantitative estimate of drug-likeness (QED) is 0.859. The summed E-state index contributed by atoms with van der Waals surface area (Å²) in [6, 6.07) is 5.79. The Morgan fingerprint density at radius 1 is 1.36 bits per heavy atom. The molecule has 22 heavy (non-hydrogen) atoms. The summed E-state index contributed by atoms with van der Waals surface area (Å²) in [6.45, 7) is 6.73. The van der Waals surface area contributed by atoms with Crippen LogP contribution in [0.15, 0.2) is 24.4 Å². The zero-order valence-corrected chi connectivity index (χ0v) is 14.0. The van der Waals surface area contributed by atoms with Crippen LogP contribution in [-0.4, -0.2) is 41.8 Å². The van der Waals surface area contributed by atoms with Crippen LogP contribution in [0.25, 0.3) is 0 Å². The minimum absolute atomic E-state index is 0.296. The molecule has 0 bridgehead atoms. The number of aromatic nitrogens is 1. The third-order valence-corrected chi connectivity index (χ3v) is 3.88. The van der Waals surface area contributed by atoms with Crippen LogP contribution in [0.5, 0.6) is 0 Å². The number of hydrogen-bond donors (Lipinski definition) is 0. The molecule has 1 aromatic rings. The van der Waals surface area contributed by atoms with Gasteiger partial charge < -0.3 is 9.47 Å². The third kappa shape index (κ3) is 3.58. The van der Waals surface area contributed by atoms with Gasteiger partial charge in [-0.15, -0.1) is 0 Å². The molecule has 0 aliphatic carbocycles. The van der Waals surface area contributed by atoms with E-state index in [0.717, 1.165) is 25.0 Å². The zero-order valence-electron chi connectivity index (χ0n) is 14.0. The Morgan fingerprint density at radius 3 is 2.73 bits per heavy atom. The Balaban J connectivity index is 2.37. The molecular formula is C17H26N2O3. The van der Waals surface area contributed by atoms with Crippen LogP contribution in [0.2, 0.25) is 0 Å². The van der Waals surface area contributed by atoms with Crippen molar-refractivity contribution in [1.82, 2.24) is 9.88 Å². The molecule has 1 atom stereocenters. The maximum Gasteiger partial charge on any atom is 0.411 e. The number of methoxy groups -OCH3 is 1. The number of nitrogens with zero attached hydrogens (tertiary/aromatic N) is 2. The summed E-state index contributed by atoms with van der Waals surface area (Å²) in [5.74, 6) is 0. The molecule has 0 N–H and O–H groups in total. The number of carbonyl (C=O) groups is 1. The summed E-state index contributed by atoms with van der Waals surface area (Å²) in [4.78, 5) is 19.0. The van der Waals surface area contributed by atoms with Gasteiger partial charge in [0, 0.05) is 19.9 Å². The SMILES string of the molecule is COCC1(c2ccccn2)CCCCN1C(=O)OC(C)(C)C. The second kappa shape index (κ2) is 6.65. The molecule has 1 aromatic heterocycles. The molecule has 1 saturated heterocycles. The van der Waals surface area contributed by atoms with Gasteiger partial charge in [-0.05, 0) is 52.2 Å². The maximum atomic E-state index is 12.7. The summed E-state index contributed by atoms with van der Waals surface area (Å²) >= 11 is 0. The number of likely N-dealkylation sites (tertiary alicyclic amines) is 1. The smallest absolute Gasteiger partial charge is 0.411 e. The molecule has 1 aliphatic heterocycles. The Bertz CT molecular complexity index is 494. The molecule has 1 unspecified atom stereocenters. The van der Waals surface area contributed by atoms with Crippen molar-refractivity contribution in [2.75, 3.05) is 20.3 Å². The number of pyridine rings is 1. The van der Waals surface area contributed by atoms with Crippen LogP contribution < -0.4 is 0 Å². The minimum atomic E-state index is -0.545. The Morgan fingerprint density at radius 2 is 2.14 bits per heavy atom. The molecule has 0 radical (unpaired) electrons. The van der Waals surface area contributed by atoms with Crippen LogP contribution in [0, 0.1) is 0 Å². The first-order valence-corrected chi connectivity index (χ1v) is 7.80. The van der Waals surface area contributed by atoms with E-state index < -0.39 is 11.1 Å². The number of rotatable bonds is 3. The van der Waals surface area contributed by atoms with Crippen molar-refractivity contribution in [2.24, 2.45) is 0 Å². The average Bonchev–Trinajstić information content (AvgIpc) is 2.47. The van der Waals surface area contributed by atoms with E-state index in [-0.39, 0.29) is 6.09 Å². The summed E-state index contributed by atoms with van der Waals surface area (Å²) in [5.41, 5.74) is -0.198. The van der Waals surface area contributed by atoms with Gasteiger partial charge in [0.15, 0.2) is 0 Å². The average molecular weight is 306 g/mol. The maximum absolute atomic E-state index is 12.7. The lowest BCUT2D eigenvalue weighted by Crippen LogP contribution is -2.56. The van der Waals surface area contributed by atoms with Gasteiger partial charge in [-0.2, -0.15) is 0 Å². The topological polar surface area (TPSA) is 51.7 Å². The summed E-state index contributed by atoms with van der Waals surface area (Å²) in [6.07, 6.45) is 4.30. The van der Waals surface area contributed by atoms with Gasteiger partial charge in [-0.1, -0.05) is 6.07 Å². The normalized spacial score (nSPS) is 22.5. The highest BCUT2D eigenvalue weighted by Gasteiger charge is 2.45. The molecule has 122 valence electrons. The second-order valence-electron chi connectivity index (χ2n) is 6.77. The Labute approximate surface area is 132 Å². The van der Waals surface area contributed by atoms with Crippen LogP contribution >= 0.6 is 0 Å². The third-order valence-electron chi connectivity index (χ3n) is 3.88. The molecule has 0 spiro atoms. The molecule has 1 amide bonds. The van der Waals surface area contributed by atoms with Crippen molar-refractivity contribution in [3.63, 3.8) is 0 Å². The molecule has 0 saturated carbocycles. The first-order chi connectivity index (χ1) is 10.4. The standard InChI is InChI=1S/C17H26N2O3/c1-16(2,3)22-15(20)19-12-8-6-10-17(19,13-21-4)14-9-5-7-11-18-14/h5,7,9,11H,6,8,10,12-13H2,1-4H3. The number of amides is 1. The number of carbonyl (C=O) groups excluding carboxylic acids is 1. The molecule has 2 rings (SSSR count). The summed E-state index contributed by atoms with van der Waals surface area (Å²) < 4.78 is 11.1. The summed E-state index contributed by atoms with van der Waals surface area (Å²) in [7, 11) is 1.66. The number of hydrogen-bond acceptors (Lipinski definition) is 4. The molecule has 5 heteroatoms. The fraction of sp³-hybridized carbons (Fsp3) is 0.647. The van der Waals surface area contributed by atoms with Crippen molar-refractivity contribution in [2.45, 2.75) is 51.2 Å². The molecular weight excluding hydrogens is 280 g/mol. The molecule has 1 aliphatic rings. The largest absolute Gasteiger partial charge is 0.444 e. The lowest BCUT2D eigenvalue weighted by molar-refractivity contribution is -0.0454. The highest BCUT2D eigenvalue weighted by molar-refractivity contribution is 5.69. The van der Waals surface area contributed by atoms with Gasteiger partial charge in [0.2, 0.25) is 0 Å². The van der Waals surface area contributed by atoms with E-state index in [9.17, 15) is 4.79 Å². The first kappa shape index (κ1) is 16.7. The lowest BCUT2D eigenvalue weighted by atomic mass is 9.84. The zero-order chi connectivity index (χ0) is 16.2. The Hall–Kier alpha value is -1.62. The molecule has 5 nitrogen and oxygen atoms in total. The van der Waals surface area contributed by atoms with Crippen LogP contribution in [0.3, 0.4) is 0 Å². The second-order valence-corrected chi connectivity index (χ2v) is 6.77. The predicted molar refractivity (Wildman–Crippen MR) is 84.6 cm³/mol. The van der Waals surface area contributed by atoms with Gasteiger partial charge in [0.1, 0.15) is 11.1 Å². The van der Waals surface area contributed by atoms with Crippen LogP contribution in [-0.2, 0) is 15.0 Å². The number of ether oxygens (including phenoxy) is 2. The first-order valence-electron chi connectivity index (χ1n) is 7.80. The van der Waals surface area contributed by atoms with Crippen molar-refractivity contribution in [3.05, 3.63) is 30.1 Å². The van der Waals surface area contributed by atoms with Gasteiger partial charge >= 0.3 is 6.09 Å². The van der Waals surface area contributed by atoms with Crippen molar-refractivity contribution in [1.29, 1.82) is 0 Å². The highest BCUT2D eigenvalue weighted by Crippen LogP contribution is 2.38. The summed E-state index contributed by atoms with van der Waals surface area (Å²) in [5, 5.41) is 0. The fourth-order valence-corrected chi connectivity index (χ4v) is 2.99. The van der Waals surface area contributed by atoms with Gasteiger partial charge in [-0.3, -0.25) is 9.88 Å². The van der Waals surface area contributed by atoms with Crippen molar-refractivity contribution in [3.8, 4) is 0 Å². The predicted octanol–water partition coefficient (Wildman–Crippen LogP) is 3.34. The van der Waals surface area contributed by atoms with Crippen molar-refractivity contribution >= 4 is 6.09 Å².